The van der Waals surface area contributed by atoms with Crippen LogP contribution in [0.25, 0.3) is 0 Å². The highest BCUT2D eigenvalue weighted by molar-refractivity contribution is 4.80. The number of rotatable bonds is 8. The van der Waals surface area contributed by atoms with Gasteiger partial charge in [-0.1, -0.05) is 6.92 Å². The first-order chi connectivity index (χ1) is 6.78. The summed E-state index contributed by atoms with van der Waals surface area (Å²) in [6, 6.07) is 2.42. The van der Waals surface area contributed by atoms with Crippen LogP contribution in [0.15, 0.2) is 0 Å². The Bertz CT molecular complexity index is 168. The highest BCUT2D eigenvalue weighted by Gasteiger charge is 2.10. The molecule has 0 aliphatic carbocycles. The van der Waals surface area contributed by atoms with Crippen LogP contribution in [0.2, 0.25) is 0 Å². The Morgan fingerprint density at radius 1 is 1.43 bits per heavy atom. The fourth-order valence-electron chi connectivity index (χ4n) is 1.17. The molecule has 0 aliphatic heterocycles. The molecule has 14 heavy (non-hydrogen) atoms. The molecule has 82 valence electrons. The number of nitrogens with one attached hydrogen (secondary N) is 1. The predicted octanol–water partition coefficient (Wildman–Crippen LogP) is 0.930. The van der Waals surface area contributed by atoms with Crippen molar-refractivity contribution in [3.05, 3.63) is 0 Å². The molecule has 0 radical (unpaired) electrons. The molecule has 0 saturated heterocycles. The first kappa shape index (κ1) is 13.4. The molecule has 1 N–H and O–H groups in total. The Balaban J connectivity index is 3.70. The lowest BCUT2D eigenvalue weighted by atomic mass is 10.1. The van der Waals surface area contributed by atoms with Crippen molar-refractivity contribution in [2.24, 2.45) is 0 Å². The molecule has 0 fully saturated rings. The summed E-state index contributed by atoms with van der Waals surface area (Å²) in [6.45, 7) is 3.37. The highest BCUT2D eigenvalue weighted by Crippen LogP contribution is 1.97. The van der Waals surface area contributed by atoms with Crippen molar-refractivity contribution in [2.45, 2.75) is 31.9 Å². The first-order valence-electron chi connectivity index (χ1n) is 4.90. The molecule has 0 aromatic heterocycles. The number of hydrogen-bond acceptors (Lipinski definition) is 4. The number of nitrogens with zero attached hydrogens (tertiary/aromatic N) is 1. The van der Waals surface area contributed by atoms with E-state index < -0.39 is 0 Å². The summed E-state index contributed by atoms with van der Waals surface area (Å²) in [5.74, 6) is 0. The van der Waals surface area contributed by atoms with Crippen LogP contribution in [0.1, 0.15) is 19.8 Å². The summed E-state index contributed by atoms with van der Waals surface area (Å²) in [7, 11) is 3.31. The third kappa shape index (κ3) is 5.92. The van der Waals surface area contributed by atoms with Crippen molar-refractivity contribution >= 4 is 0 Å². The molecule has 2 atom stereocenters. The largest absolute Gasteiger partial charge is 0.382 e. The van der Waals surface area contributed by atoms with E-state index in [1.54, 1.807) is 14.2 Å². The fourth-order valence-corrected chi connectivity index (χ4v) is 1.17. The van der Waals surface area contributed by atoms with E-state index >= 15 is 0 Å². The minimum atomic E-state index is 0.0627. The molecule has 0 amide bonds. The van der Waals surface area contributed by atoms with Crippen LogP contribution in [0.4, 0.5) is 0 Å². The van der Waals surface area contributed by atoms with Gasteiger partial charge in [-0.3, -0.25) is 0 Å². The van der Waals surface area contributed by atoms with E-state index in [9.17, 15) is 0 Å². The molecule has 0 aliphatic rings. The summed E-state index contributed by atoms with van der Waals surface area (Å²) in [4.78, 5) is 0. The highest BCUT2D eigenvalue weighted by atomic mass is 16.5. The van der Waals surface area contributed by atoms with Crippen molar-refractivity contribution in [1.29, 1.82) is 5.26 Å². The summed E-state index contributed by atoms with van der Waals surface area (Å²) in [5, 5.41) is 11.8. The second-order valence-electron chi connectivity index (χ2n) is 3.19. The van der Waals surface area contributed by atoms with Crippen molar-refractivity contribution in [1.82, 2.24) is 5.32 Å². The van der Waals surface area contributed by atoms with E-state index in [0.717, 1.165) is 13.0 Å². The van der Waals surface area contributed by atoms with E-state index in [0.29, 0.717) is 13.0 Å². The summed E-state index contributed by atoms with van der Waals surface area (Å²) < 4.78 is 10.2. The summed E-state index contributed by atoms with van der Waals surface area (Å²) in [5.41, 5.74) is 0. The molecule has 2 unspecified atom stereocenters. The zero-order valence-corrected chi connectivity index (χ0v) is 9.25. The van der Waals surface area contributed by atoms with Crippen LogP contribution in [0, 0.1) is 11.3 Å². The predicted molar refractivity (Wildman–Crippen MR) is 55.0 cm³/mol. The maximum absolute atomic E-state index is 8.55. The molecular weight excluding hydrogens is 180 g/mol. The Morgan fingerprint density at radius 3 is 2.57 bits per heavy atom. The fraction of sp³-hybridized carbons (Fsp3) is 0.900. The van der Waals surface area contributed by atoms with E-state index in [4.69, 9.17) is 14.7 Å². The van der Waals surface area contributed by atoms with E-state index in [1.807, 2.05) is 0 Å². The monoisotopic (exact) mass is 200 g/mol. The Labute approximate surface area is 86.2 Å². The second kappa shape index (κ2) is 8.95. The van der Waals surface area contributed by atoms with Gasteiger partial charge in [-0.2, -0.15) is 5.26 Å². The third-order valence-electron chi connectivity index (χ3n) is 2.15. The van der Waals surface area contributed by atoms with Gasteiger partial charge >= 0.3 is 0 Å². The molecule has 0 aromatic carbocycles. The SMILES string of the molecule is CCC(CC#N)NCC(COC)OC. The zero-order valence-electron chi connectivity index (χ0n) is 9.25. The molecule has 0 saturated carbocycles. The summed E-state index contributed by atoms with van der Waals surface area (Å²) in [6.07, 6.45) is 1.56. The average molecular weight is 200 g/mol. The molecule has 0 aromatic rings. The smallest absolute Gasteiger partial charge is 0.0928 e. The van der Waals surface area contributed by atoms with Gasteiger partial charge in [-0.25, -0.2) is 0 Å². The van der Waals surface area contributed by atoms with Crippen LogP contribution < -0.4 is 5.32 Å². The Kier molecular flexibility index (Phi) is 8.54. The zero-order chi connectivity index (χ0) is 10.8. The van der Waals surface area contributed by atoms with E-state index in [1.165, 1.54) is 0 Å². The Hall–Kier alpha value is -0.630. The first-order valence-corrected chi connectivity index (χ1v) is 4.90. The van der Waals surface area contributed by atoms with Gasteiger partial charge < -0.3 is 14.8 Å². The van der Waals surface area contributed by atoms with Gasteiger partial charge in [0, 0.05) is 26.8 Å². The maximum Gasteiger partial charge on any atom is 0.0928 e. The third-order valence-corrected chi connectivity index (χ3v) is 2.15. The van der Waals surface area contributed by atoms with Gasteiger partial charge in [0.15, 0.2) is 0 Å². The van der Waals surface area contributed by atoms with Gasteiger partial charge in [0.1, 0.15) is 0 Å². The number of ether oxygens (including phenoxy) is 2. The lowest BCUT2D eigenvalue weighted by molar-refractivity contribution is 0.0273. The van der Waals surface area contributed by atoms with Crippen LogP contribution in [-0.2, 0) is 9.47 Å². The number of methoxy groups -OCH3 is 2. The second-order valence-corrected chi connectivity index (χ2v) is 3.19. The van der Waals surface area contributed by atoms with Crippen LogP contribution in [0.5, 0.6) is 0 Å². The van der Waals surface area contributed by atoms with Crippen LogP contribution in [0.3, 0.4) is 0 Å². The lowest BCUT2D eigenvalue weighted by Crippen LogP contribution is -2.37. The van der Waals surface area contributed by atoms with Crippen LogP contribution >= 0.6 is 0 Å². The van der Waals surface area contributed by atoms with Gasteiger partial charge in [0.25, 0.3) is 0 Å². The molecule has 4 heteroatoms. The standard InChI is InChI=1S/C10H20N2O2/c1-4-9(5-6-11)12-7-10(14-3)8-13-2/h9-10,12H,4-5,7-8H2,1-3H3. The van der Waals surface area contributed by atoms with Crippen molar-refractivity contribution in [3.8, 4) is 6.07 Å². The maximum atomic E-state index is 8.55. The number of hydrogen-bond donors (Lipinski definition) is 1. The van der Waals surface area contributed by atoms with E-state index in [2.05, 4.69) is 18.3 Å². The van der Waals surface area contributed by atoms with Crippen molar-refractivity contribution in [3.63, 3.8) is 0 Å². The topological polar surface area (TPSA) is 54.3 Å². The minimum Gasteiger partial charge on any atom is -0.382 e. The Morgan fingerprint density at radius 2 is 2.14 bits per heavy atom. The van der Waals surface area contributed by atoms with Crippen LogP contribution in [-0.4, -0.2) is 39.5 Å². The van der Waals surface area contributed by atoms with Gasteiger partial charge in [-0.05, 0) is 6.42 Å². The normalized spacial score (nSPS) is 14.7. The summed E-state index contributed by atoms with van der Waals surface area (Å²) >= 11 is 0. The van der Waals surface area contributed by atoms with Crippen molar-refractivity contribution < 1.29 is 9.47 Å². The van der Waals surface area contributed by atoms with E-state index in [-0.39, 0.29) is 12.1 Å². The lowest BCUT2D eigenvalue weighted by Gasteiger charge is -2.19. The number of nitriles is 1. The molecule has 0 heterocycles. The van der Waals surface area contributed by atoms with Gasteiger partial charge in [0.05, 0.1) is 25.2 Å². The molecule has 0 rings (SSSR count). The molecule has 4 nitrogen and oxygen atoms in total. The average Bonchev–Trinajstić information content (AvgIpc) is 2.22. The quantitative estimate of drug-likeness (QED) is 0.633. The molecular formula is C10H20N2O2. The van der Waals surface area contributed by atoms with Gasteiger partial charge in [-0.15, -0.1) is 0 Å². The molecule has 0 spiro atoms. The molecule has 0 bridgehead atoms. The van der Waals surface area contributed by atoms with Gasteiger partial charge in [0.2, 0.25) is 0 Å². The van der Waals surface area contributed by atoms with Crippen molar-refractivity contribution in [2.75, 3.05) is 27.4 Å². The minimum absolute atomic E-state index is 0.0627.